The molecule has 19 heavy (non-hydrogen) atoms. The van der Waals surface area contributed by atoms with Gasteiger partial charge in [0.05, 0.1) is 11.4 Å². The molecule has 0 aromatic carbocycles. The third-order valence-electron chi connectivity index (χ3n) is 3.97. The minimum absolute atomic E-state index is 0.0211. The molecule has 0 spiro atoms. The first-order valence-corrected chi connectivity index (χ1v) is 7.21. The molecule has 2 rings (SSSR count). The summed E-state index contributed by atoms with van der Waals surface area (Å²) in [4.78, 5) is 14.5. The Kier molecular flexibility index (Phi) is 4.12. The second kappa shape index (κ2) is 5.63. The summed E-state index contributed by atoms with van der Waals surface area (Å²) in [7, 11) is 0. The van der Waals surface area contributed by atoms with Gasteiger partial charge in [0.1, 0.15) is 0 Å². The number of amides is 1. The van der Waals surface area contributed by atoms with Gasteiger partial charge in [-0.3, -0.25) is 9.89 Å². The average Bonchev–Trinajstić information content (AvgIpc) is 2.80. The van der Waals surface area contributed by atoms with Crippen LogP contribution in [0.5, 0.6) is 0 Å². The third-order valence-corrected chi connectivity index (χ3v) is 3.97. The van der Waals surface area contributed by atoms with Crippen molar-refractivity contribution >= 4 is 11.6 Å². The number of carbonyl (C=O) groups excluding carboxylic acids is 1. The number of aromatic nitrogens is 2. The highest BCUT2D eigenvalue weighted by Crippen LogP contribution is 2.26. The maximum atomic E-state index is 12.6. The van der Waals surface area contributed by atoms with E-state index in [-0.39, 0.29) is 11.8 Å². The van der Waals surface area contributed by atoms with Crippen LogP contribution in [0.1, 0.15) is 68.6 Å². The predicted molar refractivity (Wildman–Crippen MR) is 76.1 cm³/mol. The van der Waals surface area contributed by atoms with Gasteiger partial charge in [-0.2, -0.15) is 5.10 Å². The van der Waals surface area contributed by atoms with Crippen LogP contribution in [0.25, 0.3) is 0 Å². The first-order chi connectivity index (χ1) is 9.06. The number of hydrogen-bond donors (Lipinski definition) is 2. The van der Waals surface area contributed by atoms with Crippen LogP contribution in [0.4, 0.5) is 5.69 Å². The molecule has 1 unspecified atom stereocenters. The van der Waals surface area contributed by atoms with Gasteiger partial charge in [0.15, 0.2) is 5.69 Å². The molecule has 1 saturated heterocycles. The van der Waals surface area contributed by atoms with E-state index in [1.54, 1.807) is 0 Å². The Hall–Kier alpha value is -1.52. The number of aromatic amines is 1. The number of carbonyl (C=O) groups is 1. The fourth-order valence-corrected chi connectivity index (χ4v) is 2.80. The van der Waals surface area contributed by atoms with Crippen LogP contribution in [0.15, 0.2) is 0 Å². The zero-order valence-corrected chi connectivity index (χ0v) is 12.1. The zero-order chi connectivity index (χ0) is 14.0. The quantitative estimate of drug-likeness (QED) is 0.880. The molecular formula is C14H24N4O. The predicted octanol–water partition coefficient (Wildman–Crippen LogP) is 2.52. The van der Waals surface area contributed by atoms with Crippen molar-refractivity contribution < 1.29 is 4.79 Å². The van der Waals surface area contributed by atoms with Gasteiger partial charge in [0, 0.05) is 12.6 Å². The number of H-pyrrole nitrogens is 1. The Morgan fingerprint density at radius 3 is 2.84 bits per heavy atom. The van der Waals surface area contributed by atoms with E-state index < -0.39 is 0 Å². The van der Waals surface area contributed by atoms with Gasteiger partial charge >= 0.3 is 0 Å². The molecule has 1 fully saturated rings. The fraction of sp³-hybridized carbons (Fsp3) is 0.714. The Morgan fingerprint density at radius 1 is 1.53 bits per heavy atom. The largest absolute Gasteiger partial charge is 0.395 e. The normalized spacial score (nSPS) is 20.0. The van der Waals surface area contributed by atoms with Crippen LogP contribution in [-0.2, 0) is 0 Å². The molecule has 5 nitrogen and oxygen atoms in total. The van der Waals surface area contributed by atoms with Crippen molar-refractivity contribution in [1.29, 1.82) is 0 Å². The van der Waals surface area contributed by atoms with Gasteiger partial charge in [-0.25, -0.2) is 0 Å². The van der Waals surface area contributed by atoms with E-state index in [0.717, 1.165) is 31.5 Å². The highest BCUT2D eigenvalue weighted by Gasteiger charge is 2.29. The van der Waals surface area contributed by atoms with Crippen molar-refractivity contribution in [2.24, 2.45) is 0 Å². The molecule has 0 aliphatic carbocycles. The van der Waals surface area contributed by atoms with Crippen LogP contribution >= 0.6 is 0 Å². The van der Waals surface area contributed by atoms with Crippen LogP contribution in [0.3, 0.4) is 0 Å². The second-order valence-electron chi connectivity index (χ2n) is 5.61. The van der Waals surface area contributed by atoms with Crippen LogP contribution < -0.4 is 5.73 Å². The molecule has 0 bridgehead atoms. The number of rotatable bonds is 3. The zero-order valence-electron chi connectivity index (χ0n) is 12.1. The van der Waals surface area contributed by atoms with Crippen molar-refractivity contribution in [2.45, 2.75) is 58.4 Å². The maximum absolute atomic E-state index is 12.6. The SMILES string of the molecule is CCC1CCCCN1C(=O)c1n[nH]c(C(C)C)c1N. The number of nitrogens with two attached hydrogens (primary N) is 1. The molecule has 1 aromatic heterocycles. The maximum Gasteiger partial charge on any atom is 0.276 e. The number of likely N-dealkylation sites (tertiary alicyclic amines) is 1. The summed E-state index contributed by atoms with van der Waals surface area (Å²) >= 11 is 0. The van der Waals surface area contributed by atoms with Gasteiger partial charge in [-0.15, -0.1) is 0 Å². The molecule has 3 N–H and O–H groups in total. The van der Waals surface area contributed by atoms with Crippen LogP contribution in [0, 0.1) is 0 Å². The molecule has 1 aliphatic rings. The lowest BCUT2D eigenvalue weighted by atomic mass is 9.99. The van der Waals surface area contributed by atoms with Crippen LogP contribution in [0.2, 0.25) is 0 Å². The van der Waals surface area contributed by atoms with E-state index in [2.05, 4.69) is 17.1 Å². The molecule has 1 amide bonds. The molecule has 5 heteroatoms. The molecule has 2 heterocycles. The molecule has 0 radical (unpaired) electrons. The Balaban J connectivity index is 2.23. The summed E-state index contributed by atoms with van der Waals surface area (Å²) in [6.07, 6.45) is 4.36. The van der Waals surface area contributed by atoms with E-state index in [4.69, 9.17) is 5.73 Å². The summed E-state index contributed by atoms with van der Waals surface area (Å²) in [6.45, 7) is 7.02. The van der Waals surface area contributed by atoms with Crippen molar-refractivity contribution in [2.75, 3.05) is 12.3 Å². The fourth-order valence-electron chi connectivity index (χ4n) is 2.80. The minimum Gasteiger partial charge on any atom is -0.395 e. The van der Waals surface area contributed by atoms with Crippen molar-refractivity contribution in [3.05, 3.63) is 11.4 Å². The van der Waals surface area contributed by atoms with Crippen molar-refractivity contribution in [1.82, 2.24) is 15.1 Å². The number of nitrogens with one attached hydrogen (secondary N) is 1. The number of piperidine rings is 1. The van der Waals surface area contributed by atoms with E-state index in [0.29, 0.717) is 17.4 Å². The van der Waals surface area contributed by atoms with Crippen molar-refractivity contribution in [3.8, 4) is 0 Å². The van der Waals surface area contributed by atoms with E-state index in [1.165, 1.54) is 6.42 Å². The second-order valence-corrected chi connectivity index (χ2v) is 5.61. The van der Waals surface area contributed by atoms with Gasteiger partial charge < -0.3 is 10.6 Å². The Morgan fingerprint density at radius 2 is 2.26 bits per heavy atom. The standard InChI is InChI=1S/C14H24N4O/c1-4-10-7-5-6-8-18(10)14(19)13-11(15)12(9(2)3)16-17-13/h9-10H,4-8,15H2,1-3H3,(H,16,17). The number of nitrogen functional groups attached to an aromatic ring is 1. The molecule has 1 atom stereocenters. The summed E-state index contributed by atoms with van der Waals surface area (Å²) in [6, 6.07) is 0.333. The molecule has 1 aliphatic heterocycles. The lowest BCUT2D eigenvalue weighted by Gasteiger charge is -2.34. The van der Waals surface area contributed by atoms with Gasteiger partial charge in [-0.05, 0) is 31.6 Å². The van der Waals surface area contributed by atoms with Crippen LogP contribution in [-0.4, -0.2) is 33.6 Å². The summed E-state index contributed by atoms with van der Waals surface area (Å²) < 4.78 is 0. The van der Waals surface area contributed by atoms with Gasteiger partial charge in [0.2, 0.25) is 0 Å². The minimum atomic E-state index is -0.0211. The monoisotopic (exact) mass is 264 g/mol. The highest BCUT2D eigenvalue weighted by atomic mass is 16.2. The van der Waals surface area contributed by atoms with Gasteiger partial charge in [-0.1, -0.05) is 20.8 Å². The Labute approximate surface area is 114 Å². The lowest BCUT2D eigenvalue weighted by Crippen LogP contribution is -2.43. The number of hydrogen-bond acceptors (Lipinski definition) is 3. The smallest absolute Gasteiger partial charge is 0.276 e. The summed E-state index contributed by atoms with van der Waals surface area (Å²) in [5.41, 5.74) is 7.82. The summed E-state index contributed by atoms with van der Waals surface area (Å²) in [5, 5.41) is 7.04. The van der Waals surface area contributed by atoms with E-state index >= 15 is 0 Å². The first kappa shape index (κ1) is 13.9. The molecule has 0 saturated carbocycles. The molecular weight excluding hydrogens is 240 g/mol. The average molecular weight is 264 g/mol. The molecule has 106 valence electrons. The van der Waals surface area contributed by atoms with E-state index in [1.807, 2.05) is 18.7 Å². The van der Waals surface area contributed by atoms with Crippen molar-refractivity contribution in [3.63, 3.8) is 0 Å². The Bertz CT molecular complexity index is 452. The topological polar surface area (TPSA) is 75.0 Å². The lowest BCUT2D eigenvalue weighted by molar-refractivity contribution is 0.0603. The third kappa shape index (κ3) is 2.60. The van der Waals surface area contributed by atoms with E-state index in [9.17, 15) is 4.79 Å². The number of anilines is 1. The first-order valence-electron chi connectivity index (χ1n) is 7.21. The molecule has 1 aromatic rings. The highest BCUT2D eigenvalue weighted by molar-refractivity contribution is 5.98. The van der Waals surface area contributed by atoms with Gasteiger partial charge in [0.25, 0.3) is 5.91 Å². The number of nitrogens with zero attached hydrogens (tertiary/aromatic N) is 2. The summed E-state index contributed by atoms with van der Waals surface area (Å²) in [5.74, 6) is 0.226.